The van der Waals surface area contributed by atoms with Crippen LogP contribution in [0.1, 0.15) is 20.3 Å². The lowest BCUT2D eigenvalue weighted by Crippen LogP contribution is -2.34. The molecule has 2 heteroatoms. The summed E-state index contributed by atoms with van der Waals surface area (Å²) >= 11 is 0. The lowest BCUT2D eigenvalue weighted by molar-refractivity contribution is -0.113. The van der Waals surface area contributed by atoms with Crippen molar-refractivity contribution in [3.8, 4) is 0 Å². The van der Waals surface area contributed by atoms with Crippen molar-refractivity contribution in [2.24, 2.45) is 5.92 Å². The first-order valence-electron chi connectivity index (χ1n) is 3.87. The summed E-state index contributed by atoms with van der Waals surface area (Å²) in [6.45, 7) is 10.5. The number of rotatable bonds is 3. The van der Waals surface area contributed by atoms with Gasteiger partial charge in [0.2, 0.25) is 0 Å². The summed E-state index contributed by atoms with van der Waals surface area (Å²) in [6.07, 6.45) is 0.774. The number of carbonyl (C=O) groups excluding carboxylic acids is 1. The maximum Gasteiger partial charge on any atom is 0.123 e. The Morgan fingerprint density at radius 2 is 1.70 bits per heavy atom. The molecule has 0 aliphatic heterocycles. The molecule has 0 atom stereocenters. The molecule has 0 bridgehead atoms. The van der Waals surface area contributed by atoms with Crippen molar-refractivity contribution >= 4 is 13.5 Å². The smallest absolute Gasteiger partial charge is 0.123 e. The number of hydrogen-bond acceptors (Lipinski definition) is 1. The van der Waals surface area contributed by atoms with Crippen molar-refractivity contribution in [3.05, 3.63) is 0 Å². The molecule has 0 aromatic carbocycles. The van der Waals surface area contributed by atoms with Crippen molar-refractivity contribution in [1.82, 2.24) is 0 Å². The average molecular weight is 158 g/mol. The van der Waals surface area contributed by atoms with Crippen LogP contribution in [0, 0.1) is 5.92 Å². The predicted molar refractivity (Wildman–Crippen MR) is 47.8 cm³/mol. The fraction of sp³-hybridized carbons (Fsp3) is 0.875. The van der Waals surface area contributed by atoms with Crippen LogP contribution in [-0.2, 0) is 4.79 Å². The van der Waals surface area contributed by atoms with E-state index in [1.807, 2.05) is 0 Å². The summed E-state index contributed by atoms with van der Waals surface area (Å²) in [7, 11) is -1.46. The molecule has 0 N–H and O–H groups in total. The first-order valence-corrected chi connectivity index (χ1v) is 7.37. The monoisotopic (exact) mass is 158 g/mol. The van der Waals surface area contributed by atoms with E-state index in [4.69, 9.17) is 0 Å². The Morgan fingerprint density at radius 3 is 1.80 bits per heavy atom. The molecular weight excluding hydrogens is 140 g/mol. The fourth-order valence-corrected chi connectivity index (χ4v) is 1.70. The second-order valence-corrected chi connectivity index (χ2v) is 9.33. The Balaban J connectivity index is 3.87. The maximum atomic E-state index is 11.3. The third-order valence-corrected chi connectivity index (χ3v) is 3.31. The summed E-state index contributed by atoms with van der Waals surface area (Å²) in [6, 6.07) is 0. The van der Waals surface area contributed by atoms with Crippen molar-refractivity contribution < 1.29 is 4.79 Å². The summed E-state index contributed by atoms with van der Waals surface area (Å²) in [5.41, 5.74) is 0. The van der Waals surface area contributed by atoms with Crippen LogP contribution in [-0.4, -0.2) is 13.5 Å². The van der Waals surface area contributed by atoms with Gasteiger partial charge in [-0.05, 0) is 5.92 Å². The highest BCUT2D eigenvalue weighted by atomic mass is 28.3. The molecule has 0 saturated heterocycles. The largest absolute Gasteiger partial charge is 0.305 e. The zero-order chi connectivity index (χ0) is 8.36. The van der Waals surface area contributed by atoms with E-state index < -0.39 is 8.07 Å². The second-order valence-electron chi connectivity index (χ2n) is 4.27. The standard InChI is InChI=1S/C8H18OSi/c1-7(2)6-8(9)10(3,4)5/h7H,6H2,1-5H3. The zero-order valence-electron chi connectivity index (χ0n) is 7.69. The van der Waals surface area contributed by atoms with E-state index in [2.05, 4.69) is 33.5 Å². The molecule has 0 aromatic rings. The minimum absolute atomic E-state index is 0.502. The van der Waals surface area contributed by atoms with Crippen LogP contribution >= 0.6 is 0 Å². The van der Waals surface area contributed by atoms with Crippen LogP contribution < -0.4 is 0 Å². The first-order chi connectivity index (χ1) is 4.34. The lowest BCUT2D eigenvalue weighted by Gasteiger charge is -2.15. The third kappa shape index (κ3) is 3.83. The minimum Gasteiger partial charge on any atom is -0.305 e. The molecule has 0 spiro atoms. The van der Waals surface area contributed by atoms with Crippen LogP contribution in [0.25, 0.3) is 0 Å². The highest BCUT2D eigenvalue weighted by Crippen LogP contribution is 2.10. The van der Waals surface area contributed by atoms with Gasteiger partial charge in [-0.3, -0.25) is 0 Å². The molecule has 0 fully saturated rings. The summed E-state index contributed by atoms with van der Waals surface area (Å²) in [4.78, 5) is 11.3. The van der Waals surface area contributed by atoms with Gasteiger partial charge in [-0.25, -0.2) is 0 Å². The maximum absolute atomic E-state index is 11.3. The normalized spacial score (nSPS) is 12.2. The van der Waals surface area contributed by atoms with E-state index in [1.165, 1.54) is 0 Å². The van der Waals surface area contributed by atoms with Gasteiger partial charge in [0.1, 0.15) is 13.5 Å². The van der Waals surface area contributed by atoms with Gasteiger partial charge >= 0.3 is 0 Å². The van der Waals surface area contributed by atoms with Crippen LogP contribution in [0.5, 0.6) is 0 Å². The van der Waals surface area contributed by atoms with E-state index in [1.54, 1.807) is 0 Å². The van der Waals surface area contributed by atoms with E-state index in [0.717, 1.165) is 6.42 Å². The molecule has 0 radical (unpaired) electrons. The Labute approximate surface area is 64.8 Å². The quantitative estimate of drug-likeness (QED) is 0.577. The molecule has 0 rings (SSSR count). The van der Waals surface area contributed by atoms with Gasteiger partial charge in [0.25, 0.3) is 0 Å². The van der Waals surface area contributed by atoms with Crippen molar-refractivity contribution in [2.45, 2.75) is 39.9 Å². The fourth-order valence-electron chi connectivity index (χ4n) is 0.677. The molecular formula is C8H18OSi. The van der Waals surface area contributed by atoms with E-state index >= 15 is 0 Å². The van der Waals surface area contributed by atoms with E-state index in [9.17, 15) is 4.79 Å². The van der Waals surface area contributed by atoms with Crippen LogP contribution in [0.15, 0.2) is 0 Å². The van der Waals surface area contributed by atoms with Gasteiger partial charge in [0.15, 0.2) is 0 Å². The topological polar surface area (TPSA) is 17.1 Å². The number of carbonyl (C=O) groups is 1. The van der Waals surface area contributed by atoms with E-state index in [-0.39, 0.29) is 0 Å². The van der Waals surface area contributed by atoms with E-state index in [0.29, 0.717) is 11.3 Å². The van der Waals surface area contributed by atoms with Crippen LogP contribution in [0.3, 0.4) is 0 Å². The summed E-state index contributed by atoms with van der Waals surface area (Å²) in [5, 5.41) is 0.502. The summed E-state index contributed by atoms with van der Waals surface area (Å²) in [5.74, 6) is 0.527. The molecule has 0 unspecified atom stereocenters. The lowest BCUT2D eigenvalue weighted by atomic mass is 10.2. The SMILES string of the molecule is CC(C)CC(=O)[Si](C)(C)C. The molecule has 1 nitrogen and oxygen atoms in total. The third-order valence-electron chi connectivity index (χ3n) is 1.43. The summed E-state index contributed by atoms with van der Waals surface area (Å²) < 4.78 is 0. The molecule has 0 aliphatic rings. The van der Waals surface area contributed by atoms with Gasteiger partial charge in [-0.1, -0.05) is 33.5 Å². The average Bonchev–Trinajstić information content (AvgIpc) is 1.60. The van der Waals surface area contributed by atoms with Gasteiger partial charge in [-0.15, -0.1) is 0 Å². The Bertz CT molecular complexity index is 122. The van der Waals surface area contributed by atoms with Gasteiger partial charge < -0.3 is 4.79 Å². The zero-order valence-corrected chi connectivity index (χ0v) is 8.69. The predicted octanol–water partition coefficient (Wildman–Crippen LogP) is 2.48. The highest BCUT2D eigenvalue weighted by Gasteiger charge is 2.23. The highest BCUT2D eigenvalue weighted by molar-refractivity contribution is 7.03. The molecule has 60 valence electrons. The van der Waals surface area contributed by atoms with Gasteiger partial charge in [0, 0.05) is 6.42 Å². The molecule has 0 heterocycles. The molecule has 0 saturated carbocycles. The number of hydrogen-bond donors (Lipinski definition) is 0. The molecule has 10 heavy (non-hydrogen) atoms. The Kier molecular flexibility index (Phi) is 3.29. The Morgan fingerprint density at radius 1 is 1.30 bits per heavy atom. The molecule has 0 aliphatic carbocycles. The van der Waals surface area contributed by atoms with Crippen molar-refractivity contribution in [2.75, 3.05) is 0 Å². The van der Waals surface area contributed by atoms with Crippen LogP contribution in [0.2, 0.25) is 19.6 Å². The molecule has 0 amide bonds. The van der Waals surface area contributed by atoms with Crippen molar-refractivity contribution in [1.29, 1.82) is 0 Å². The van der Waals surface area contributed by atoms with Gasteiger partial charge in [0.05, 0.1) is 0 Å². The van der Waals surface area contributed by atoms with Crippen LogP contribution in [0.4, 0.5) is 0 Å². The molecule has 0 aromatic heterocycles. The minimum atomic E-state index is -1.46. The van der Waals surface area contributed by atoms with Crippen molar-refractivity contribution in [3.63, 3.8) is 0 Å². The first kappa shape index (κ1) is 9.89. The second kappa shape index (κ2) is 3.33. The Hall–Kier alpha value is -0.113. The van der Waals surface area contributed by atoms with Gasteiger partial charge in [-0.2, -0.15) is 0 Å².